The molecule has 1 aliphatic rings. The number of rotatable bonds is 3. The van der Waals surface area contributed by atoms with Gasteiger partial charge in [0.05, 0.1) is 0 Å². The monoisotopic (exact) mass is 307 g/mol. The predicted molar refractivity (Wildman–Crippen MR) is 78.6 cm³/mol. The van der Waals surface area contributed by atoms with Crippen LogP contribution in [0.4, 0.5) is 0 Å². The number of nitrogens with zero attached hydrogens (tertiary/aromatic N) is 5. The Balaban J connectivity index is 1.77. The fourth-order valence-corrected chi connectivity index (χ4v) is 2.77. The average Bonchev–Trinajstić information content (AvgIpc) is 2.96. The minimum absolute atomic E-state index is 0.114. The van der Waals surface area contributed by atoms with Crippen LogP contribution in [0.15, 0.2) is 18.5 Å². The molecule has 2 aromatic heterocycles. The molecule has 0 aromatic carbocycles. The fourth-order valence-electron chi connectivity index (χ4n) is 2.62. The molecule has 0 radical (unpaired) electrons. The number of aromatic nitrogens is 5. The molecule has 2 aromatic rings. The molecule has 2 heterocycles. The van der Waals surface area contributed by atoms with Crippen molar-refractivity contribution in [1.82, 2.24) is 24.7 Å². The van der Waals surface area contributed by atoms with Crippen LogP contribution in [0.1, 0.15) is 33.1 Å². The van der Waals surface area contributed by atoms with E-state index in [1.165, 1.54) is 4.68 Å². The Labute approximate surface area is 128 Å². The predicted octanol–water partition coefficient (Wildman–Crippen LogP) is 2.91. The maximum absolute atomic E-state index is 5.95. The highest BCUT2D eigenvalue weighted by atomic mass is 35.5. The summed E-state index contributed by atoms with van der Waals surface area (Å²) in [5, 5.41) is 4.20. The van der Waals surface area contributed by atoms with Crippen molar-refractivity contribution in [3.8, 4) is 12.0 Å². The summed E-state index contributed by atoms with van der Waals surface area (Å²) in [6.07, 6.45) is 6.74. The maximum atomic E-state index is 5.95. The Hall–Kier alpha value is -1.69. The Morgan fingerprint density at radius 1 is 1.19 bits per heavy atom. The van der Waals surface area contributed by atoms with Gasteiger partial charge in [0.1, 0.15) is 6.10 Å². The molecule has 0 N–H and O–H groups in total. The minimum atomic E-state index is 0.114. The van der Waals surface area contributed by atoms with Crippen molar-refractivity contribution in [2.75, 3.05) is 0 Å². The molecule has 6 nitrogen and oxygen atoms in total. The van der Waals surface area contributed by atoms with E-state index >= 15 is 0 Å². The zero-order chi connectivity index (χ0) is 14.8. The highest BCUT2D eigenvalue weighted by molar-refractivity contribution is 6.28. The Bertz CT molecular complexity index is 603. The van der Waals surface area contributed by atoms with E-state index in [1.807, 2.05) is 0 Å². The summed E-state index contributed by atoms with van der Waals surface area (Å²) in [5.74, 6) is 1.75. The molecule has 1 fully saturated rings. The van der Waals surface area contributed by atoms with Crippen LogP contribution < -0.4 is 4.74 Å². The van der Waals surface area contributed by atoms with Crippen LogP contribution in [0, 0.1) is 11.8 Å². The largest absolute Gasteiger partial charge is 0.460 e. The average molecular weight is 308 g/mol. The van der Waals surface area contributed by atoms with Crippen LogP contribution in [0.2, 0.25) is 5.28 Å². The SMILES string of the molecule is CC1CCC(Oc2nc(Cl)nc(-n3cccn3)n2)CC1C. The molecular weight excluding hydrogens is 290 g/mol. The number of ether oxygens (including phenoxy) is 1. The highest BCUT2D eigenvalue weighted by Crippen LogP contribution is 2.31. The first-order valence-corrected chi connectivity index (χ1v) is 7.58. The quantitative estimate of drug-likeness (QED) is 0.872. The first-order valence-electron chi connectivity index (χ1n) is 7.20. The van der Waals surface area contributed by atoms with Crippen LogP contribution in [0.3, 0.4) is 0 Å². The Morgan fingerprint density at radius 2 is 2.05 bits per heavy atom. The van der Waals surface area contributed by atoms with Gasteiger partial charge in [0.25, 0.3) is 5.95 Å². The van der Waals surface area contributed by atoms with Gasteiger partial charge in [0.15, 0.2) is 0 Å². The lowest BCUT2D eigenvalue weighted by molar-refractivity contribution is 0.0916. The van der Waals surface area contributed by atoms with Crippen LogP contribution in [-0.2, 0) is 0 Å². The maximum Gasteiger partial charge on any atom is 0.322 e. The topological polar surface area (TPSA) is 65.7 Å². The van der Waals surface area contributed by atoms with Crippen molar-refractivity contribution in [2.45, 2.75) is 39.2 Å². The van der Waals surface area contributed by atoms with Gasteiger partial charge in [0.2, 0.25) is 5.28 Å². The summed E-state index contributed by atoms with van der Waals surface area (Å²) in [6.45, 7) is 4.55. The van der Waals surface area contributed by atoms with Crippen molar-refractivity contribution in [3.05, 3.63) is 23.7 Å². The van der Waals surface area contributed by atoms with Gasteiger partial charge in [-0.2, -0.15) is 20.1 Å². The lowest BCUT2D eigenvalue weighted by Gasteiger charge is -2.31. The number of halogens is 1. The molecule has 1 saturated carbocycles. The van der Waals surface area contributed by atoms with Gasteiger partial charge < -0.3 is 4.74 Å². The summed E-state index contributed by atoms with van der Waals surface area (Å²) in [6, 6.07) is 2.06. The summed E-state index contributed by atoms with van der Waals surface area (Å²) < 4.78 is 7.44. The van der Waals surface area contributed by atoms with E-state index in [0.29, 0.717) is 11.9 Å². The third-order valence-electron chi connectivity index (χ3n) is 4.11. The third-order valence-corrected chi connectivity index (χ3v) is 4.28. The second-order valence-corrected chi connectivity index (χ2v) is 5.98. The normalized spacial score (nSPS) is 25.8. The molecule has 0 spiro atoms. The van der Waals surface area contributed by atoms with Crippen LogP contribution in [-0.4, -0.2) is 30.8 Å². The van der Waals surface area contributed by atoms with Crippen molar-refractivity contribution in [3.63, 3.8) is 0 Å². The molecule has 0 amide bonds. The fraction of sp³-hybridized carbons (Fsp3) is 0.571. The first kappa shape index (κ1) is 14.3. The summed E-state index contributed by atoms with van der Waals surface area (Å²) >= 11 is 5.95. The molecule has 3 rings (SSSR count). The molecule has 3 unspecified atom stereocenters. The zero-order valence-corrected chi connectivity index (χ0v) is 12.9. The molecule has 0 saturated heterocycles. The lowest BCUT2D eigenvalue weighted by atomic mass is 9.80. The minimum Gasteiger partial charge on any atom is -0.460 e. The van der Waals surface area contributed by atoms with E-state index in [0.717, 1.165) is 25.2 Å². The van der Waals surface area contributed by atoms with E-state index < -0.39 is 0 Å². The highest BCUT2D eigenvalue weighted by Gasteiger charge is 2.26. The lowest BCUT2D eigenvalue weighted by Crippen LogP contribution is -2.29. The summed E-state index contributed by atoms with van der Waals surface area (Å²) in [5.41, 5.74) is 0. The molecule has 0 aliphatic heterocycles. The molecule has 7 heteroatoms. The van der Waals surface area contributed by atoms with Gasteiger partial charge in [-0.1, -0.05) is 13.8 Å². The van der Waals surface area contributed by atoms with Crippen molar-refractivity contribution in [2.24, 2.45) is 11.8 Å². The summed E-state index contributed by atoms with van der Waals surface area (Å²) in [4.78, 5) is 12.4. The van der Waals surface area contributed by atoms with Gasteiger partial charge in [-0.15, -0.1) is 0 Å². The molecule has 21 heavy (non-hydrogen) atoms. The molecular formula is C14H18ClN5O. The molecule has 1 aliphatic carbocycles. The van der Waals surface area contributed by atoms with Gasteiger partial charge in [-0.3, -0.25) is 0 Å². The van der Waals surface area contributed by atoms with E-state index in [-0.39, 0.29) is 17.4 Å². The first-order chi connectivity index (χ1) is 10.1. The van der Waals surface area contributed by atoms with E-state index in [2.05, 4.69) is 33.9 Å². The van der Waals surface area contributed by atoms with Crippen molar-refractivity contribution < 1.29 is 4.74 Å². The van der Waals surface area contributed by atoms with Gasteiger partial charge in [-0.05, 0) is 48.8 Å². The summed E-state index contributed by atoms with van der Waals surface area (Å²) in [7, 11) is 0. The van der Waals surface area contributed by atoms with Crippen LogP contribution in [0.25, 0.3) is 5.95 Å². The van der Waals surface area contributed by atoms with E-state index in [9.17, 15) is 0 Å². The second kappa shape index (κ2) is 5.97. The van der Waals surface area contributed by atoms with Gasteiger partial charge in [-0.25, -0.2) is 4.68 Å². The molecule has 0 bridgehead atoms. The van der Waals surface area contributed by atoms with Crippen molar-refractivity contribution >= 4 is 11.6 Å². The number of hydrogen-bond donors (Lipinski definition) is 0. The van der Waals surface area contributed by atoms with Crippen LogP contribution >= 0.6 is 11.6 Å². The number of hydrogen-bond acceptors (Lipinski definition) is 5. The standard InChI is InChI=1S/C14H18ClN5O/c1-9-4-5-11(8-10(9)2)21-14-18-12(15)17-13(19-14)20-7-3-6-16-20/h3,6-7,9-11H,4-5,8H2,1-2H3. The Morgan fingerprint density at radius 3 is 2.76 bits per heavy atom. The van der Waals surface area contributed by atoms with Gasteiger partial charge >= 0.3 is 6.01 Å². The second-order valence-electron chi connectivity index (χ2n) is 5.65. The van der Waals surface area contributed by atoms with Crippen LogP contribution in [0.5, 0.6) is 6.01 Å². The Kier molecular flexibility index (Phi) is 4.05. The van der Waals surface area contributed by atoms with E-state index in [1.54, 1.807) is 18.5 Å². The smallest absolute Gasteiger partial charge is 0.322 e. The van der Waals surface area contributed by atoms with Crippen molar-refractivity contribution in [1.29, 1.82) is 0 Å². The van der Waals surface area contributed by atoms with E-state index in [4.69, 9.17) is 16.3 Å². The molecule has 3 atom stereocenters. The molecule has 112 valence electrons. The zero-order valence-electron chi connectivity index (χ0n) is 12.1. The third kappa shape index (κ3) is 3.32. The van der Waals surface area contributed by atoms with Gasteiger partial charge in [0, 0.05) is 12.4 Å².